The molecule has 1 heterocycles. The summed E-state index contributed by atoms with van der Waals surface area (Å²) in [7, 11) is 0. The fourth-order valence-corrected chi connectivity index (χ4v) is 3.63. The number of hydrogen-bond acceptors (Lipinski definition) is 3. The summed E-state index contributed by atoms with van der Waals surface area (Å²) in [4.78, 5) is 15.4. The minimum atomic E-state index is 0.683. The van der Waals surface area contributed by atoms with Crippen LogP contribution in [0.25, 0.3) is 11.3 Å². The minimum Gasteiger partial charge on any atom is -0.313 e. The normalized spacial score (nSPS) is 20.4. The van der Waals surface area contributed by atoms with Gasteiger partial charge in [0, 0.05) is 23.9 Å². The number of hydrogen-bond donors (Lipinski definition) is 1. The Bertz CT molecular complexity index is 673. The topological polar surface area (TPSA) is 42.0 Å². The highest BCUT2D eigenvalue weighted by atomic mass is 16.1. The Morgan fingerprint density at radius 1 is 1.16 bits per heavy atom. The Hall–Kier alpha value is -2.00. The van der Waals surface area contributed by atoms with E-state index in [0.717, 1.165) is 42.5 Å². The number of carbonyl (C=O) groups excluding carboxylic acids is 1. The molecular weight excluding hydrogens is 308 g/mol. The molecule has 0 radical (unpaired) electrons. The van der Waals surface area contributed by atoms with Crippen LogP contribution >= 0.6 is 0 Å². The number of benzene rings is 1. The quantitative estimate of drug-likeness (QED) is 0.579. The molecule has 1 aliphatic carbocycles. The van der Waals surface area contributed by atoms with Crippen LogP contribution in [0.2, 0.25) is 0 Å². The first-order chi connectivity index (χ1) is 12.2. The number of nitrogens with zero attached hydrogens (tertiary/aromatic N) is 1. The second kappa shape index (κ2) is 8.91. The lowest BCUT2D eigenvalue weighted by Crippen LogP contribution is -2.20. The molecular formula is C22H28N2O. The molecule has 3 heteroatoms. The molecule has 0 spiro atoms. The summed E-state index contributed by atoms with van der Waals surface area (Å²) < 4.78 is 0. The molecule has 3 nitrogen and oxygen atoms in total. The van der Waals surface area contributed by atoms with Crippen LogP contribution < -0.4 is 5.32 Å². The summed E-state index contributed by atoms with van der Waals surface area (Å²) in [6, 6.07) is 11.7. The zero-order valence-electron chi connectivity index (χ0n) is 15.1. The molecule has 0 saturated heterocycles. The lowest BCUT2D eigenvalue weighted by atomic mass is 9.81. The third kappa shape index (κ3) is 5.23. The lowest BCUT2D eigenvalue weighted by molar-refractivity contribution is 0.112. The SMILES string of the molecule is CC1CCC(CCNCc2ccc(-c3cccc(C=O)c3)nc2)CC1. The third-order valence-electron chi connectivity index (χ3n) is 5.34. The zero-order chi connectivity index (χ0) is 17.5. The van der Waals surface area contributed by atoms with Crippen LogP contribution in [-0.4, -0.2) is 17.8 Å². The highest BCUT2D eigenvalue weighted by Gasteiger charge is 2.17. The number of aldehydes is 1. The van der Waals surface area contributed by atoms with Gasteiger partial charge in [0.2, 0.25) is 0 Å². The van der Waals surface area contributed by atoms with Crippen LogP contribution in [0.1, 0.15) is 54.9 Å². The van der Waals surface area contributed by atoms with Crippen molar-refractivity contribution in [3.63, 3.8) is 0 Å². The Balaban J connectivity index is 1.45. The van der Waals surface area contributed by atoms with Gasteiger partial charge in [0.15, 0.2) is 0 Å². The maximum absolute atomic E-state index is 10.9. The van der Waals surface area contributed by atoms with Gasteiger partial charge in [0.1, 0.15) is 6.29 Å². The first-order valence-corrected chi connectivity index (χ1v) is 9.46. The van der Waals surface area contributed by atoms with Gasteiger partial charge < -0.3 is 5.32 Å². The predicted octanol–water partition coefficient (Wildman–Crippen LogP) is 4.87. The van der Waals surface area contributed by atoms with Crippen molar-refractivity contribution in [2.75, 3.05) is 6.54 Å². The fraction of sp³-hybridized carbons (Fsp3) is 0.455. The maximum atomic E-state index is 10.9. The maximum Gasteiger partial charge on any atom is 0.150 e. The molecule has 2 aromatic rings. The first kappa shape index (κ1) is 17.8. The van der Waals surface area contributed by atoms with Crippen molar-refractivity contribution in [3.05, 3.63) is 53.7 Å². The predicted molar refractivity (Wildman–Crippen MR) is 103 cm³/mol. The monoisotopic (exact) mass is 336 g/mol. The van der Waals surface area contributed by atoms with E-state index in [2.05, 4.69) is 23.3 Å². The van der Waals surface area contributed by atoms with Crippen molar-refractivity contribution in [1.29, 1.82) is 0 Å². The number of pyridine rings is 1. The second-order valence-corrected chi connectivity index (χ2v) is 7.39. The molecule has 0 bridgehead atoms. The van der Waals surface area contributed by atoms with Gasteiger partial charge in [0.05, 0.1) is 5.69 Å². The van der Waals surface area contributed by atoms with Crippen molar-refractivity contribution in [2.45, 2.75) is 45.6 Å². The summed E-state index contributed by atoms with van der Waals surface area (Å²) >= 11 is 0. The zero-order valence-corrected chi connectivity index (χ0v) is 15.1. The molecule has 0 amide bonds. The van der Waals surface area contributed by atoms with Gasteiger partial charge in [-0.15, -0.1) is 0 Å². The molecule has 0 unspecified atom stereocenters. The highest BCUT2D eigenvalue weighted by molar-refractivity contribution is 5.78. The van der Waals surface area contributed by atoms with E-state index in [0.29, 0.717) is 5.56 Å². The molecule has 1 aromatic heterocycles. The number of carbonyl (C=O) groups is 1. The average Bonchev–Trinajstić information content (AvgIpc) is 2.67. The van der Waals surface area contributed by atoms with E-state index >= 15 is 0 Å². The van der Waals surface area contributed by atoms with Gasteiger partial charge in [-0.05, 0) is 42.5 Å². The van der Waals surface area contributed by atoms with Gasteiger partial charge in [-0.3, -0.25) is 9.78 Å². The van der Waals surface area contributed by atoms with E-state index in [-0.39, 0.29) is 0 Å². The number of rotatable bonds is 7. The molecule has 1 aromatic carbocycles. The van der Waals surface area contributed by atoms with E-state index in [1.807, 2.05) is 36.5 Å². The molecule has 1 saturated carbocycles. The standard InChI is InChI=1S/C22H28N2O/c1-17-5-7-18(8-6-17)11-12-23-14-20-9-10-22(24-15-20)21-4-2-3-19(13-21)16-25/h2-4,9-10,13,15-18,23H,5-8,11-12,14H2,1H3. The van der Waals surface area contributed by atoms with Gasteiger partial charge >= 0.3 is 0 Å². The van der Waals surface area contributed by atoms with Gasteiger partial charge in [-0.25, -0.2) is 0 Å². The van der Waals surface area contributed by atoms with Crippen molar-refractivity contribution in [1.82, 2.24) is 10.3 Å². The highest BCUT2D eigenvalue weighted by Crippen LogP contribution is 2.29. The van der Waals surface area contributed by atoms with Gasteiger partial charge in [-0.1, -0.05) is 56.9 Å². The molecule has 132 valence electrons. The Morgan fingerprint density at radius 3 is 2.72 bits per heavy atom. The van der Waals surface area contributed by atoms with Crippen LogP contribution in [0.15, 0.2) is 42.6 Å². The Labute approximate surface area is 150 Å². The Morgan fingerprint density at radius 2 is 2.00 bits per heavy atom. The van der Waals surface area contributed by atoms with E-state index in [4.69, 9.17) is 0 Å². The van der Waals surface area contributed by atoms with E-state index in [1.165, 1.54) is 37.7 Å². The third-order valence-corrected chi connectivity index (χ3v) is 5.34. The molecule has 3 rings (SSSR count). The smallest absolute Gasteiger partial charge is 0.150 e. The Kier molecular flexibility index (Phi) is 6.35. The van der Waals surface area contributed by atoms with E-state index < -0.39 is 0 Å². The van der Waals surface area contributed by atoms with Crippen LogP contribution in [0.4, 0.5) is 0 Å². The molecule has 1 aliphatic rings. The first-order valence-electron chi connectivity index (χ1n) is 9.46. The average molecular weight is 336 g/mol. The number of nitrogens with one attached hydrogen (secondary N) is 1. The van der Waals surface area contributed by atoms with Crippen molar-refractivity contribution >= 4 is 6.29 Å². The summed E-state index contributed by atoms with van der Waals surface area (Å²) in [5, 5.41) is 3.55. The lowest BCUT2D eigenvalue weighted by Gasteiger charge is -2.26. The molecule has 0 aliphatic heterocycles. The fourth-order valence-electron chi connectivity index (χ4n) is 3.63. The van der Waals surface area contributed by atoms with Gasteiger partial charge in [0.25, 0.3) is 0 Å². The van der Waals surface area contributed by atoms with Gasteiger partial charge in [-0.2, -0.15) is 0 Å². The second-order valence-electron chi connectivity index (χ2n) is 7.39. The summed E-state index contributed by atoms with van der Waals surface area (Å²) in [6.07, 6.45) is 9.70. The summed E-state index contributed by atoms with van der Waals surface area (Å²) in [5.41, 5.74) is 3.77. The minimum absolute atomic E-state index is 0.683. The molecule has 25 heavy (non-hydrogen) atoms. The van der Waals surface area contributed by atoms with Crippen LogP contribution in [-0.2, 0) is 6.54 Å². The molecule has 0 atom stereocenters. The summed E-state index contributed by atoms with van der Waals surface area (Å²) in [6.45, 7) is 4.33. The van der Waals surface area contributed by atoms with Crippen LogP contribution in [0, 0.1) is 11.8 Å². The van der Waals surface area contributed by atoms with Crippen molar-refractivity contribution in [2.24, 2.45) is 11.8 Å². The van der Waals surface area contributed by atoms with Crippen molar-refractivity contribution < 1.29 is 4.79 Å². The molecule has 1 N–H and O–H groups in total. The van der Waals surface area contributed by atoms with Crippen LogP contribution in [0.5, 0.6) is 0 Å². The van der Waals surface area contributed by atoms with E-state index in [9.17, 15) is 4.79 Å². The summed E-state index contributed by atoms with van der Waals surface area (Å²) in [5.74, 6) is 1.84. The largest absolute Gasteiger partial charge is 0.313 e. The van der Waals surface area contributed by atoms with Crippen LogP contribution in [0.3, 0.4) is 0 Å². The molecule has 1 fully saturated rings. The van der Waals surface area contributed by atoms with E-state index in [1.54, 1.807) is 0 Å². The van der Waals surface area contributed by atoms with Crippen molar-refractivity contribution in [3.8, 4) is 11.3 Å². The number of aromatic nitrogens is 1.